The van der Waals surface area contributed by atoms with Gasteiger partial charge in [0.05, 0.1) is 5.52 Å². The van der Waals surface area contributed by atoms with Crippen molar-refractivity contribution >= 4 is 54.6 Å². The molecule has 0 atom stereocenters. The highest BCUT2D eigenvalue weighted by atomic mass is 32.1. The standard InChI is InChI=1S/C15H21N.C14H18O.C14H18S.C9H15N.C8H12O.C8H12S/c1-8-9(2)11(4)15-14(10(8)3)12(5)13(6)16(15)7;2*1-7-8(2)10(4)14-13(9(7)3)11(5)12(6)15-14;1-6-7(2)9(4)10(5)8(6)3;2*1-5-6(2)8(4)9-7(5)3/h1-7H3;2*1-6H3;1-5H3;2*1-4H3. The summed E-state index contributed by atoms with van der Waals surface area (Å²) in [6.45, 7) is 65.3. The van der Waals surface area contributed by atoms with Crippen molar-refractivity contribution in [1.29, 1.82) is 0 Å². The van der Waals surface area contributed by atoms with E-state index in [1.165, 1.54) is 175 Å². The summed E-state index contributed by atoms with van der Waals surface area (Å²) in [6, 6.07) is 0. The highest BCUT2D eigenvalue weighted by Gasteiger charge is 2.18. The van der Waals surface area contributed by atoms with Crippen LogP contribution in [0.2, 0.25) is 0 Å². The van der Waals surface area contributed by atoms with Crippen LogP contribution in [0.15, 0.2) is 8.83 Å². The highest BCUT2D eigenvalue weighted by Crippen LogP contribution is 2.39. The smallest absolute Gasteiger partial charge is 0.137 e. The van der Waals surface area contributed by atoms with E-state index in [1.54, 1.807) is 0 Å². The molecule has 0 N–H and O–H groups in total. The summed E-state index contributed by atoms with van der Waals surface area (Å²) >= 11 is 3.84. The van der Waals surface area contributed by atoms with E-state index in [0.717, 1.165) is 22.9 Å². The van der Waals surface area contributed by atoms with Crippen LogP contribution in [0.1, 0.15) is 166 Å². The van der Waals surface area contributed by atoms with Gasteiger partial charge in [0.1, 0.15) is 22.9 Å². The number of rotatable bonds is 0. The second-order valence-electron chi connectivity index (χ2n) is 21.9. The van der Waals surface area contributed by atoms with E-state index >= 15 is 0 Å². The van der Waals surface area contributed by atoms with E-state index in [9.17, 15) is 0 Å². The normalized spacial score (nSPS) is 11.0. The molecule has 74 heavy (non-hydrogen) atoms. The molecule has 0 aliphatic carbocycles. The van der Waals surface area contributed by atoms with Crippen molar-refractivity contribution in [2.24, 2.45) is 14.1 Å². The second kappa shape index (κ2) is 23.9. The average molecular weight is 1040 g/mol. The SMILES string of the molecule is Cc1c(C)c(C)c2c(c1C)c(C)c(C)n2C.Cc1c(C)c(C)n(C)c1C.Cc1oc(C)c(C)c1C.Cc1oc2c(C)c(C)c(C)c(C)c2c1C.Cc1sc(C)c(C)c1C.Cc1sc2c(C)c(C)c(C)c(C)c2c1C. The third-order valence-electron chi connectivity index (χ3n) is 18.5. The van der Waals surface area contributed by atoms with Crippen LogP contribution in [0.5, 0.6) is 0 Å². The average Bonchev–Trinajstić information content (AvgIpc) is 4.09. The fraction of sp³-hybridized carbons (Fsp3) is 0.471. The van der Waals surface area contributed by atoms with Crippen molar-refractivity contribution in [2.45, 2.75) is 208 Å². The number of benzene rings is 3. The molecule has 0 saturated heterocycles. The lowest BCUT2D eigenvalue weighted by Gasteiger charge is -2.12. The summed E-state index contributed by atoms with van der Waals surface area (Å²) < 4.78 is 17.3. The van der Waals surface area contributed by atoms with Gasteiger partial charge in [-0.1, -0.05) is 0 Å². The van der Waals surface area contributed by atoms with Crippen LogP contribution in [-0.4, -0.2) is 9.13 Å². The van der Waals surface area contributed by atoms with E-state index in [1.807, 2.05) is 43.4 Å². The van der Waals surface area contributed by atoms with E-state index in [0.29, 0.717) is 0 Å². The van der Waals surface area contributed by atoms with Crippen LogP contribution >= 0.6 is 22.7 Å². The number of aromatic nitrogens is 2. The summed E-state index contributed by atoms with van der Waals surface area (Å²) in [6.07, 6.45) is 0. The lowest BCUT2D eigenvalue weighted by atomic mass is 9.94. The van der Waals surface area contributed by atoms with Gasteiger partial charge < -0.3 is 18.0 Å². The Hall–Kier alpha value is -5.04. The Morgan fingerprint density at radius 2 is 0.595 bits per heavy atom. The molecule has 3 aromatic carbocycles. The van der Waals surface area contributed by atoms with E-state index in [4.69, 9.17) is 8.83 Å². The monoisotopic (exact) mass is 1040 g/mol. The van der Waals surface area contributed by atoms with Crippen molar-refractivity contribution in [1.82, 2.24) is 9.13 Å². The second-order valence-corrected chi connectivity index (χ2v) is 24.5. The number of thiophene rings is 2. The fourth-order valence-corrected chi connectivity index (χ4v) is 12.8. The van der Waals surface area contributed by atoms with Crippen LogP contribution in [-0.2, 0) is 14.1 Å². The molecule has 6 aromatic heterocycles. The molecule has 0 spiro atoms. The molecule has 0 radical (unpaired) electrons. The van der Waals surface area contributed by atoms with Crippen molar-refractivity contribution in [3.05, 3.63) is 166 Å². The zero-order valence-electron chi connectivity index (χ0n) is 52.5. The maximum Gasteiger partial charge on any atom is 0.137 e. The minimum absolute atomic E-state index is 1.04. The molecule has 0 aliphatic rings. The van der Waals surface area contributed by atoms with Gasteiger partial charge in [-0.2, -0.15) is 0 Å². The number of aryl methyl sites for hydroxylation is 16. The van der Waals surface area contributed by atoms with Gasteiger partial charge in [0.15, 0.2) is 0 Å². The van der Waals surface area contributed by atoms with E-state index < -0.39 is 0 Å². The number of nitrogens with zero attached hydrogens (tertiary/aromatic N) is 2. The van der Waals surface area contributed by atoms with Gasteiger partial charge in [-0.05, 0) is 330 Å². The maximum absolute atomic E-state index is 5.85. The molecule has 0 aliphatic heterocycles. The molecule has 9 rings (SSSR count). The van der Waals surface area contributed by atoms with Gasteiger partial charge in [-0.15, -0.1) is 22.7 Å². The van der Waals surface area contributed by atoms with Crippen LogP contribution in [0, 0.1) is 208 Å². The van der Waals surface area contributed by atoms with Crippen molar-refractivity contribution < 1.29 is 8.83 Å². The fourth-order valence-electron chi connectivity index (χ4n) is 10.4. The Morgan fingerprint density at radius 1 is 0.243 bits per heavy atom. The molecule has 0 bridgehead atoms. The van der Waals surface area contributed by atoms with Crippen molar-refractivity contribution in [3.63, 3.8) is 0 Å². The molecular formula is C68H96N2O2S2. The first-order valence-corrected chi connectivity index (χ1v) is 28.3. The first kappa shape index (κ1) is 61.5. The summed E-state index contributed by atoms with van der Waals surface area (Å²) in [5, 5.41) is 4.27. The third-order valence-corrected chi connectivity index (χ3v) is 21.0. The lowest BCUT2D eigenvalue weighted by Crippen LogP contribution is -1.97. The Balaban J connectivity index is 0.000000195. The van der Waals surface area contributed by atoms with E-state index in [-0.39, 0.29) is 0 Å². The number of hydrogen-bond acceptors (Lipinski definition) is 4. The van der Waals surface area contributed by atoms with Crippen LogP contribution in [0.4, 0.5) is 0 Å². The maximum atomic E-state index is 5.85. The molecule has 4 nitrogen and oxygen atoms in total. The molecule has 0 saturated carbocycles. The Kier molecular flexibility index (Phi) is 19.8. The molecule has 0 fully saturated rings. The Bertz CT molecular complexity index is 3230. The van der Waals surface area contributed by atoms with Crippen molar-refractivity contribution in [3.8, 4) is 0 Å². The predicted molar refractivity (Wildman–Crippen MR) is 332 cm³/mol. The quantitative estimate of drug-likeness (QED) is 0.152. The molecule has 0 amide bonds. The van der Waals surface area contributed by atoms with Crippen LogP contribution < -0.4 is 0 Å². The predicted octanol–water partition coefficient (Wildman–Crippen LogP) is 20.8. The zero-order chi connectivity index (χ0) is 56.8. The summed E-state index contributed by atoms with van der Waals surface area (Å²) in [4.78, 5) is 4.39. The Labute approximate surface area is 457 Å². The number of fused-ring (bicyclic) bond motifs is 3. The first-order chi connectivity index (χ1) is 34.1. The number of hydrogen-bond donors (Lipinski definition) is 0. The van der Waals surface area contributed by atoms with Gasteiger partial charge in [-0.3, -0.25) is 0 Å². The molecule has 0 unspecified atom stereocenters. The largest absolute Gasteiger partial charge is 0.466 e. The van der Waals surface area contributed by atoms with Crippen LogP contribution in [0.3, 0.4) is 0 Å². The summed E-state index contributed by atoms with van der Waals surface area (Å²) in [7, 11) is 4.29. The van der Waals surface area contributed by atoms with Gasteiger partial charge >= 0.3 is 0 Å². The summed E-state index contributed by atoms with van der Waals surface area (Å²) in [5.41, 5.74) is 36.2. The molecule has 402 valence electrons. The van der Waals surface area contributed by atoms with Gasteiger partial charge in [-0.25, -0.2) is 0 Å². The minimum atomic E-state index is 1.04. The molecule has 6 heterocycles. The Morgan fingerprint density at radius 3 is 0.973 bits per heavy atom. The molecule has 9 aromatic rings. The highest BCUT2D eigenvalue weighted by molar-refractivity contribution is 7.19. The minimum Gasteiger partial charge on any atom is -0.466 e. The van der Waals surface area contributed by atoms with Gasteiger partial charge in [0.25, 0.3) is 0 Å². The van der Waals surface area contributed by atoms with Crippen LogP contribution in [0.25, 0.3) is 32.0 Å². The topological polar surface area (TPSA) is 36.1 Å². The summed E-state index contributed by atoms with van der Waals surface area (Å²) in [5.74, 6) is 3.14. The number of furan rings is 2. The molecular weight excluding hydrogens is 941 g/mol. The zero-order valence-corrected chi connectivity index (χ0v) is 54.2. The van der Waals surface area contributed by atoms with Crippen molar-refractivity contribution in [2.75, 3.05) is 0 Å². The first-order valence-electron chi connectivity index (χ1n) is 26.7. The molecule has 6 heteroatoms. The lowest BCUT2D eigenvalue weighted by molar-refractivity contribution is 0.501. The van der Waals surface area contributed by atoms with Gasteiger partial charge in [0.2, 0.25) is 0 Å². The van der Waals surface area contributed by atoms with E-state index in [2.05, 4.69) is 210 Å². The third kappa shape index (κ3) is 11.5. The van der Waals surface area contributed by atoms with Gasteiger partial charge in [0, 0.05) is 61.3 Å².